The van der Waals surface area contributed by atoms with E-state index in [0.717, 1.165) is 36.5 Å². The number of unbranched alkanes of at least 4 members (excludes halogenated alkanes) is 3. The van der Waals surface area contributed by atoms with Crippen molar-refractivity contribution in [2.75, 3.05) is 13.2 Å². The van der Waals surface area contributed by atoms with Crippen molar-refractivity contribution in [3.8, 4) is 0 Å². The van der Waals surface area contributed by atoms with Gasteiger partial charge in [-0.3, -0.25) is 4.52 Å². The van der Waals surface area contributed by atoms with Crippen LogP contribution in [0.5, 0.6) is 0 Å². The SMILES string of the molecule is CC.CCCCCCOC(=O)NC(COP(=O)(O)O)c1ccc2ccccc2c1. The molecule has 2 rings (SSSR count). The highest BCUT2D eigenvalue weighted by Crippen LogP contribution is 2.37. The summed E-state index contributed by atoms with van der Waals surface area (Å²) < 4.78 is 20.8. The normalized spacial score (nSPS) is 12.0. The lowest BCUT2D eigenvalue weighted by Gasteiger charge is -2.20. The van der Waals surface area contributed by atoms with Crippen LogP contribution in [-0.4, -0.2) is 29.1 Å². The maximum Gasteiger partial charge on any atom is 0.469 e. The molecule has 1 unspecified atom stereocenters. The molecule has 162 valence electrons. The van der Waals surface area contributed by atoms with Gasteiger partial charge < -0.3 is 19.8 Å². The molecule has 0 bridgehead atoms. The van der Waals surface area contributed by atoms with Crippen LogP contribution in [0.2, 0.25) is 0 Å². The topological polar surface area (TPSA) is 105 Å². The summed E-state index contributed by atoms with van der Waals surface area (Å²) >= 11 is 0. The number of benzene rings is 2. The van der Waals surface area contributed by atoms with Crippen molar-refractivity contribution in [2.45, 2.75) is 52.5 Å². The van der Waals surface area contributed by atoms with Gasteiger partial charge in [-0.25, -0.2) is 9.36 Å². The molecule has 0 saturated carbocycles. The smallest absolute Gasteiger partial charge is 0.450 e. The molecule has 0 fully saturated rings. The fraction of sp³-hybridized carbons (Fsp3) is 0.476. The molecule has 0 saturated heterocycles. The molecule has 0 aliphatic carbocycles. The molecule has 2 aromatic carbocycles. The number of phosphoric ester groups is 1. The number of rotatable bonds is 10. The van der Waals surface area contributed by atoms with Gasteiger partial charge in [-0.2, -0.15) is 0 Å². The molecule has 8 heteroatoms. The largest absolute Gasteiger partial charge is 0.469 e. The van der Waals surface area contributed by atoms with E-state index in [0.29, 0.717) is 12.2 Å². The molecule has 2 aromatic rings. The lowest BCUT2D eigenvalue weighted by Crippen LogP contribution is -2.32. The zero-order chi connectivity index (χ0) is 21.7. The van der Waals surface area contributed by atoms with E-state index in [1.54, 1.807) is 6.07 Å². The standard InChI is InChI=1S/C19H26NO6P.C2H6/c1-2-3-4-7-12-25-19(21)20-18(14-26-27(22,23)24)17-11-10-15-8-5-6-9-16(15)13-17;1-2/h5-6,8-11,13,18H,2-4,7,12,14H2,1H3,(H,20,21)(H2,22,23,24);1-2H3. The summed E-state index contributed by atoms with van der Waals surface area (Å²) in [5.74, 6) is 0. The number of nitrogens with one attached hydrogen (secondary N) is 1. The third-order valence-corrected chi connectivity index (χ3v) is 4.59. The van der Waals surface area contributed by atoms with Crippen molar-refractivity contribution < 1.29 is 28.4 Å². The monoisotopic (exact) mass is 425 g/mol. The molecule has 3 N–H and O–H groups in total. The van der Waals surface area contributed by atoms with Crippen LogP contribution in [0.1, 0.15) is 58.1 Å². The Bertz CT molecular complexity index is 792. The Morgan fingerprint density at radius 3 is 2.41 bits per heavy atom. The number of hydrogen-bond acceptors (Lipinski definition) is 4. The van der Waals surface area contributed by atoms with Crippen LogP contribution in [0.4, 0.5) is 4.79 Å². The Labute approximate surface area is 172 Å². The highest BCUT2D eigenvalue weighted by atomic mass is 31.2. The first-order valence-electron chi connectivity index (χ1n) is 10.0. The number of phosphoric acid groups is 1. The number of fused-ring (bicyclic) bond motifs is 1. The number of carbonyl (C=O) groups excluding carboxylic acids is 1. The van der Waals surface area contributed by atoms with E-state index in [2.05, 4.69) is 16.8 Å². The number of carbonyl (C=O) groups is 1. The number of hydrogen-bond donors (Lipinski definition) is 3. The van der Waals surface area contributed by atoms with Crippen LogP contribution in [0.15, 0.2) is 42.5 Å². The molecular weight excluding hydrogens is 393 g/mol. The van der Waals surface area contributed by atoms with Crippen LogP contribution in [0.3, 0.4) is 0 Å². The summed E-state index contributed by atoms with van der Waals surface area (Å²) in [5, 5.41) is 4.60. The van der Waals surface area contributed by atoms with E-state index in [1.165, 1.54) is 0 Å². The maximum absolute atomic E-state index is 12.1. The summed E-state index contributed by atoms with van der Waals surface area (Å²) in [6.07, 6.45) is 3.30. The Balaban J connectivity index is 0.00000204. The molecule has 1 atom stereocenters. The summed E-state index contributed by atoms with van der Waals surface area (Å²) in [7, 11) is -4.66. The van der Waals surface area contributed by atoms with Gasteiger partial charge in [-0.05, 0) is 28.8 Å². The fourth-order valence-electron chi connectivity index (χ4n) is 2.70. The molecular formula is C21H32NO6P. The zero-order valence-corrected chi connectivity index (χ0v) is 18.2. The van der Waals surface area contributed by atoms with E-state index < -0.39 is 20.0 Å². The minimum absolute atomic E-state index is 0.301. The van der Waals surface area contributed by atoms with Gasteiger partial charge in [-0.15, -0.1) is 0 Å². The number of alkyl carbamates (subject to hydrolysis) is 1. The second kappa shape index (κ2) is 13.3. The molecule has 29 heavy (non-hydrogen) atoms. The third kappa shape index (κ3) is 9.90. The molecule has 1 amide bonds. The first-order chi connectivity index (χ1) is 13.9. The summed E-state index contributed by atoms with van der Waals surface area (Å²) in [5.41, 5.74) is 0.671. The van der Waals surface area contributed by atoms with Crippen molar-refractivity contribution in [2.24, 2.45) is 0 Å². The van der Waals surface area contributed by atoms with Crippen LogP contribution in [0, 0.1) is 0 Å². The van der Waals surface area contributed by atoms with E-state index in [9.17, 15) is 9.36 Å². The Morgan fingerprint density at radius 1 is 1.07 bits per heavy atom. The van der Waals surface area contributed by atoms with Crippen molar-refractivity contribution in [1.82, 2.24) is 5.32 Å². The first-order valence-corrected chi connectivity index (χ1v) is 11.5. The van der Waals surface area contributed by atoms with Crippen molar-refractivity contribution in [3.63, 3.8) is 0 Å². The van der Waals surface area contributed by atoms with Gasteiger partial charge in [0.1, 0.15) is 0 Å². The van der Waals surface area contributed by atoms with E-state index in [1.807, 2.05) is 50.2 Å². The average Bonchev–Trinajstić information content (AvgIpc) is 2.71. The Kier molecular flexibility index (Phi) is 11.5. The van der Waals surface area contributed by atoms with Crippen LogP contribution in [0.25, 0.3) is 10.8 Å². The summed E-state index contributed by atoms with van der Waals surface area (Å²) in [4.78, 5) is 30.0. The molecule has 7 nitrogen and oxygen atoms in total. The van der Waals surface area contributed by atoms with E-state index in [-0.39, 0.29) is 6.61 Å². The summed E-state index contributed by atoms with van der Waals surface area (Å²) in [6.45, 7) is 6.03. The quantitative estimate of drug-likeness (QED) is 0.351. The lowest BCUT2D eigenvalue weighted by atomic mass is 10.0. The maximum atomic E-state index is 12.1. The predicted octanol–water partition coefficient (Wildman–Crippen LogP) is 5.32. The van der Waals surface area contributed by atoms with Crippen molar-refractivity contribution in [1.29, 1.82) is 0 Å². The second-order valence-corrected chi connectivity index (χ2v) is 7.53. The Hall–Kier alpha value is -1.92. The predicted molar refractivity (Wildman–Crippen MR) is 115 cm³/mol. The molecule has 0 heterocycles. The molecule has 0 aliphatic heterocycles. The third-order valence-electron chi connectivity index (χ3n) is 4.11. The van der Waals surface area contributed by atoms with Crippen molar-refractivity contribution in [3.05, 3.63) is 48.0 Å². The van der Waals surface area contributed by atoms with Gasteiger partial charge in [0.15, 0.2) is 0 Å². The van der Waals surface area contributed by atoms with Gasteiger partial charge in [0.05, 0.1) is 19.3 Å². The van der Waals surface area contributed by atoms with Gasteiger partial charge in [0.25, 0.3) is 0 Å². The van der Waals surface area contributed by atoms with Gasteiger partial charge in [0, 0.05) is 0 Å². The van der Waals surface area contributed by atoms with E-state index in [4.69, 9.17) is 14.5 Å². The van der Waals surface area contributed by atoms with Gasteiger partial charge in [0.2, 0.25) is 0 Å². The van der Waals surface area contributed by atoms with Gasteiger partial charge >= 0.3 is 13.9 Å². The highest BCUT2D eigenvalue weighted by molar-refractivity contribution is 7.46. The zero-order valence-electron chi connectivity index (χ0n) is 17.3. The summed E-state index contributed by atoms with van der Waals surface area (Å²) in [6, 6.07) is 12.5. The highest BCUT2D eigenvalue weighted by Gasteiger charge is 2.22. The number of ether oxygens (including phenoxy) is 1. The first kappa shape index (κ1) is 25.1. The molecule has 0 aliphatic rings. The van der Waals surface area contributed by atoms with E-state index >= 15 is 0 Å². The van der Waals surface area contributed by atoms with Gasteiger partial charge in [-0.1, -0.05) is 76.4 Å². The molecule has 0 spiro atoms. The number of amides is 1. The minimum atomic E-state index is -4.66. The fourth-order valence-corrected chi connectivity index (χ4v) is 3.04. The van der Waals surface area contributed by atoms with Crippen LogP contribution >= 0.6 is 7.82 Å². The molecule has 0 radical (unpaired) electrons. The molecule has 0 aromatic heterocycles. The second-order valence-electron chi connectivity index (χ2n) is 6.29. The minimum Gasteiger partial charge on any atom is -0.450 e. The average molecular weight is 425 g/mol. The van der Waals surface area contributed by atoms with Crippen LogP contribution in [-0.2, 0) is 13.8 Å². The van der Waals surface area contributed by atoms with Crippen molar-refractivity contribution >= 4 is 24.7 Å². The lowest BCUT2D eigenvalue weighted by molar-refractivity contribution is 0.129. The Morgan fingerprint density at radius 2 is 1.76 bits per heavy atom. The van der Waals surface area contributed by atoms with Crippen LogP contribution < -0.4 is 5.32 Å².